The van der Waals surface area contributed by atoms with E-state index in [0.29, 0.717) is 5.92 Å². The fraction of sp³-hybridized carbons (Fsp3) is 0.385. The normalized spacial score (nSPS) is 30.4. The van der Waals surface area contributed by atoms with Crippen LogP contribution in [0.2, 0.25) is 0 Å². The minimum Gasteiger partial charge on any atom is -0.395 e. The maximum Gasteiger partial charge on any atom is 0.0571 e. The molecule has 0 unspecified atom stereocenters. The Balaban J connectivity index is 2.38. The van der Waals surface area contributed by atoms with Crippen molar-refractivity contribution in [1.82, 2.24) is 0 Å². The lowest BCUT2D eigenvalue weighted by atomic mass is 9.93. The number of aliphatic hydroxyl groups is 1. The van der Waals surface area contributed by atoms with Crippen LogP contribution in [0.15, 0.2) is 42.5 Å². The third-order valence-electron chi connectivity index (χ3n) is 3.45. The first-order valence-electron chi connectivity index (χ1n) is 5.13. The van der Waals surface area contributed by atoms with E-state index < -0.39 is 0 Å². The molecule has 0 aromatic heterocycles. The molecule has 1 fully saturated rings. The van der Waals surface area contributed by atoms with E-state index in [0.717, 1.165) is 6.42 Å². The average molecular weight is 188 g/mol. The van der Waals surface area contributed by atoms with Crippen molar-refractivity contribution in [2.24, 2.45) is 5.92 Å². The molecule has 1 aromatic rings. The Hall–Kier alpha value is -1.08. The third-order valence-corrected chi connectivity index (χ3v) is 3.45. The maximum absolute atomic E-state index is 9.52. The van der Waals surface area contributed by atoms with Crippen molar-refractivity contribution >= 4 is 0 Å². The van der Waals surface area contributed by atoms with Crippen LogP contribution in [0, 0.1) is 5.92 Å². The van der Waals surface area contributed by atoms with Crippen molar-refractivity contribution in [2.75, 3.05) is 6.61 Å². The highest BCUT2D eigenvalue weighted by molar-refractivity contribution is 5.52. The quantitative estimate of drug-likeness (QED) is 0.723. The van der Waals surface area contributed by atoms with E-state index in [-0.39, 0.29) is 12.0 Å². The summed E-state index contributed by atoms with van der Waals surface area (Å²) < 4.78 is 0. The summed E-state index contributed by atoms with van der Waals surface area (Å²) in [6, 6.07) is 10.2. The number of rotatable bonds is 3. The molecule has 0 amide bonds. The Morgan fingerprint density at radius 3 is 2.43 bits per heavy atom. The van der Waals surface area contributed by atoms with E-state index in [4.69, 9.17) is 0 Å². The Morgan fingerprint density at radius 2 is 2.00 bits per heavy atom. The van der Waals surface area contributed by atoms with Crippen LogP contribution in [0.5, 0.6) is 0 Å². The zero-order valence-electron chi connectivity index (χ0n) is 8.53. The first-order valence-corrected chi connectivity index (χ1v) is 5.13. The fourth-order valence-electron chi connectivity index (χ4n) is 2.54. The monoisotopic (exact) mass is 188 g/mol. The van der Waals surface area contributed by atoms with Gasteiger partial charge in [0.2, 0.25) is 0 Å². The van der Waals surface area contributed by atoms with Crippen molar-refractivity contribution in [3.05, 3.63) is 48.0 Å². The van der Waals surface area contributed by atoms with Gasteiger partial charge in [0.05, 0.1) is 6.61 Å². The number of aliphatic hydroxyl groups excluding tert-OH is 1. The minimum atomic E-state index is -0.129. The second kappa shape index (κ2) is 3.25. The smallest absolute Gasteiger partial charge is 0.0571 e. The molecule has 1 N–H and O–H groups in total. The zero-order valence-corrected chi connectivity index (χ0v) is 8.53. The number of hydrogen-bond donors (Lipinski definition) is 1. The van der Waals surface area contributed by atoms with Gasteiger partial charge in [0.25, 0.3) is 0 Å². The molecule has 1 saturated carbocycles. The third kappa shape index (κ3) is 1.05. The van der Waals surface area contributed by atoms with Gasteiger partial charge in [-0.25, -0.2) is 0 Å². The molecule has 1 aliphatic rings. The van der Waals surface area contributed by atoms with Crippen molar-refractivity contribution in [3.63, 3.8) is 0 Å². The molecular weight excluding hydrogens is 172 g/mol. The Kier molecular flexibility index (Phi) is 2.20. The Morgan fingerprint density at radius 1 is 1.36 bits per heavy atom. The SMILES string of the molecule is C=C1[C@@H](CC)[C@]1(CO)c1ccccc1. The molecule has 2 atom stereocenters. The first-order chi connectivity index (χ1) is 6.77. The van der Waals surface area contributed by atoms with Gasteiger partial charge in [-0.3, -0.25) is 0 Å². The zero-order chi connectivity index (χ0) is 10.2. The van der Waals surface area contributed by atoms with Crippen LogP contribution in [-0.4, -0.2) is 11.7 Å². The van der Waals surface area contributed by atoms with Crippen LogP contribution in [0.4, 0.5) is 0 Å². The summed E-state index contributed by atoms with van der Waals surface area (Å²) in [5, 5.41) is 9.52. The summed E-state index contributed by atoms with van der Waals surface area (Å²) in [6.07, 6.45) is 1.06. The van der Waals surface area contributed by atoms with E-state index in [1.54, 1.807) is 0 Å². The van der Waals surface area contributed by atoms with Gasteiger partial charge in [-0.15, -0.1) is 0 Å². The summed E-state index contributed by atoms with van der Waals surface area (Å²) in [4.78, 5) is 0. The molecule has 1 aromatic carbocycles. The molecule has 1 heteroatoms. The van der Waals surface area contributed by atoms with Gasteiger partial charge in [-0.2, -0.15) is 0 Å². The van der Waals surface area contributed by atoms with Crippen molar-refractivity contribution in [3.8, 4) is 0 Å². The number of benzene rings is 1. The highest BCUT2D eigenvalue weighted by Crippen LogP contribution is 2.59. The molecule has 0 saturated heterocycles. The van der Waals surface area contributed by atoms with Crippen LogP contribution in [0.1, 0.15) is 18.9 Å². The molecule has 14 heavy (non-hydrogen) atoms. The van der Waals surface area contributed by atoms with E-state index in [1.165, 1.54) is 11.1 Å². The lowest BCUT2D eigenvalue weighted by Crippen LogP contribution is -2.15. The molecule has 0 spiro atoms. The Bertz CT molecular complexity index is 342. The van der Waals surface area contributed by atoms with Crippen molar-refractivity contribution in [1.29, 1.82) is 0 Å². The maximum atomic E-state index is 9.52. The summed E-state index contributed by atoms with van der Waals surface area (Å²) >= 11 is 0. The predicted octanol–water partition coefficient (Wildman–Crippen LogP) is 2.51. The topological polar surface area (TPSA) is 20.2 Å². The second-order valence-electron chi connectivity index (χ2n) is 3.98. The highest BCUT2D eigenvalue weighted by Gasteiger charge is 2.57. The lowest BCUT2D eigenvalue weighted by Gasteiger charge is -2.13. The number of hydrogen-bond acceptors (Lipinski definition) is 1. The van der Waals surface area contributed by atoms with E-state index in [9.17, 15) is 5.11 Å². The molecule has 74 valence electrons. The Labute approximate surface area is 85.1 Å². The van der Waals surface area contributed by atoms with Gasteiger partial charge in [-0.1, -0.05) is 49.4 Å². The summed E-state index contributed by atoms with van der Waals surface area (Å²) in [6.45, 7) is 6.40. The van der Waals surface area contributed by atoms with E-state index in [1.807, 2.05) is 18.2 Å². The highest BCUT2D eigenvalue weighted by atomic mass is 16.3. The molecule has 0 bridgehead atoms. The van der Waals surface area contributed by atoms with Crippen LogP contribution in [0.25, 0.3) is 0 Å². The van der Waals surface area contributed by atoms with Gasteiger partial charge in [0.15, 0.2) is 0 Å². The first kappa shape index (κ1) is 9.47. The average Bonchev–Trinajstić information content (AvgIpc) is 2.85. The van der Waals surface area contributed by atoms with E-state index in [2.05, 4.69) is 25.6 Å². The second-order valence-corrected chi connectivity index (χ2v) is 3.98. The van der Waals surface area contributed by atoms with Crippen molar-refractivity contribution in [2.45, 2.75) is 18.8 Å². The van der Waals surface area contributed by atoms with Gasteiger partial charge in [0.1, 0.15) is 0 Å². The standard InChI is InChI=1S/C13H16O/c1-3-12-10(2)13(12,9-14)11-7-5-4-6-8-11/h4-8,12,14H,2-3,9H2,1H3/t12-,13+/m1/s1. The van der Waals surface area contributed by atoms with Crippen LogP contribution < -0.4 is 0 Å². The lowest BCUT2D eigenvalue weighted by molar-refractivity contribution is 0.248. The predicted molar refractivity (Wildman–Crippen MR) is 58.1 cm³/mol. The van der Waals surface area contributed by atoms with Gasteiger partial charge < -0.3 is 5.11 Å². The van der Waals surface area contributed by atoms with Crippen LogP contribution >= 0.6 is 0 Å². The van der Waals surface area contributed by atoms with Gasteiger partial charge in [-0.05, 0) is 17.9 Å². The fourth-order valence-corrected chi connectivity index (χ4v) is 2.54. The molecule has 0 aliphatic heterocycles. The van der Waals surface area contributed by atoms with Crippen molar-refractivity contribution < 1.29 is 5.11 Å². The van der Waals surface area contributed by atoms with Crippen LogP contribution in [0.3, 0.4) is 0 Å². The molecule has 1 nitrogen and oxygen atoms in total. The largest absolute Gasteiger partial charge is 0.395 e. The molecular formula is C13H16O. The summed E-state index contributed by atoms with van der Waals surface area (Å²) in [7, 11) is 0. The minimum absolute atomic E-state index is 0.129. The van der Waals surface area contributed by atoms with E-state index >= 15 is 0 Å². The van der Waals surface area contributed by atoms with Gasteiger partial charge in [0, 0.05) is 5.41 Å². The summed E-state index contributed by atoms with van der Waals surface area (Å²) in [5.74, 6) is 0.467. The van der Waals surface area contributed by atoms with Gasteiger partial charge >= 0.3 is 0 Å². The van der Waals surface area contributed by atoms with Crippen LogP contribution in [-0.2, 0) is 5.41 Å². The summed E-state index contributed by atoms with van der Waals surface area (Å²) in [5.41, 5.74) is 2.27. The molecule has 0 radical (unpaired) electrons. The molecule has 1 aliphatic carbocycles. The molecule has 2 rings (SSSR count). The molecule has 0 heterocycles.